The molecule has 0 aromatic carbocycles. The normalized spacial score (nSPS) is 22.4. The summed E-state index contributed by atoms with van der Waals surface area (Å²) in [6.45, 7) is 5.36. The molecular weight excluding hydrogens is 248 g/mol. The number of aryl methyl sites for hydroxylation is 1. The van der Waals surface area contributed by atoms with Crippen molar-refractivity contribution in [1.29, 1.82) is 0 Å². The van der Waals surface area contributed by atoms with Gasteiger partial charge < -0.3 is 10.1 Å². The van der Waals surface area contributed by atoms with Crippen molar-refractivity contribution in [3.63, 3.8) is 0 Å². The average molecular weight is 266 g/mol. The van der Waals surface area contributed by atoms with Crippen LogP contribution in [-0.4, -0.2) is 34.8 Å². The van der Waals surface area contributed by atoms with E-state index >= 15 is 0 Å². The van der Waals surface area contributed by atoms with Gasteiger partial charge in [-0.1, -0.05) is 12.1 Å². The van der Waals surface area contributed by atoms with Gasteiger partial charge in [-0.25, -0.2) is 0 Å². The number of rotatable bonds is 2. The van der Waals surface area contributed by atoms with E-state index in [1.54, 1.807) is 0 Å². The highest BCUT2D eigenvalue weighted by Crippen LogP contribution is 2.22. The minimum Gasteiger partial charge on any atom is -0.411 e. The highest BCUT2D eigenvalue weighted by atomic mass is 32.1. The summed E-state index contributed by atoms with van der Waals surface area (Å²) >= 11 is 1.53. The fourth-order valence-corrected chi connectivity index (χ4v) is 3.14. The Kier molecular flexibility index (Phi) is 4.01. The monoisotopic (exact) mass is 266 g/mol. The number of hydrogen-bond donors (Lipinski definition) is 1. The first-order chi connectivity index (χ1) is 8.65. The van der Waals surface area contributed by atoms with Gasteiger partial charge in [0, 0.05) is 30.3 Å². The third-order valence-corrected chi connectivity index (χ3v) is 4.40. The fourth-order valence-electron chi connectivity index (χ4n) is 2.30. The minimum absolute atomic E-state index is 0.100. The van der Waals surface area contributed by atoms with Crippen molar-refractivity contribution in [2.45, 2.75) is 26.7 Å². The van der Waals surface area contributed by atoms with Gasteiger partial charge >= 0.3 is 0 Å². The molecule has 0 bridgehead atoms. The summed E-state index contributed by atoms with van der Waals surface area (Å²) in [5, 5.41) is 12.3. The molecule has 1 atom stereocenters. The highest BCUT2D eigenvalue weighted by molar-refractivity contribution is 7.13. The van der Waals surface area contributed by atoms with E-state index in [-0.39, 0.29) is 11.8 Å². The van der Waals surface area contributed by atoms with Crippen LogP contribution in [0.1, 0.15) is 34.3 Å². The predicted molar refractivity (Wildman–Crippen MR) is 72.6 cm³/mol. The van der Waals surface area contributed by atoms with Crippen molar-refractivity contribution in [3.8, 4) is 0 Å². The van der Waals surface area contributed by atoms with Crippen LogP contribution in [0.15, 0.2) is 17.3 Å². The van der Waals surface area contributed by atoms with Crippen molar-refractivity contribution in [2.75, 3.05) is 13.1 Å². The SMILES string of the molecule is CCC1CN(C(=O)c2ccc(C)s2)CC/C1=N\O. The maximum atomic E-state index is 12.3. The molecule has 0 radical (unpaired) electrons. The first-order valence-electron chi connectivity index (χ1n) is 6.22. The molecule has 1 aliphatic rings. The van der Waals surface area contributed by atoms with E-state index in [0.717, 1.165) is 21.9 Å². The molecule has 0 saturated carbocycles. The Morgan fingerprint density at radius 1 is 1.61 bits per heavy atom. The summed E-state index contributed by atoms with van der Waals surface area (Å²) < 4.78 is 0. The summed E-state index contributed by atoms with van der Waals surface area (Å²) in [5.41, 5.74) is 0.823. The van der Waals surface area contributed by atoms with Crippen LogP contribution in [0.25, 0.3) is 0 Å². The summed E-state index contributed by atoms with van der Waals surface area (Å²) in [6.07, 6.45) is 1.57. The number of hydrogen-bond acceptors (Lipinski definition) is 4. The summed E-state index contributed by atoms with van der Waals surface area (Å²) in [4.78, 5) is 16.1. The van der Waals surface area contributed by atoms with Crippen molar-refractivity contribution >= 4 is 23.0 Å². The molecule has 98 valence electrons. The van der Waals surface area contributed by atoms with Crippen molar-refractivity contribution in [3.05, 3.63) is 21.9 Å². The van der Waals surface area contributed by atoms with Crippen LogP contribution in [-0.2, 0) is 0 Å². The van der Waals surface area contributed by atoms with Crippen LogP contribution >= 0.6 is 11.3 Å². The van der Waals surface area contributed by atoms with Gasteiger partial charge in [0.1, 0.15) is 0 Å². The maximum Gasteiger partial charge on any atom is 0.263 e. The summed E-state index contributed by atoms with van der Waals surface area (Å²) in [7, 11) is 0. The Hall–Kier alpha value is -1.36. The minimum atomic E-state index is 0.100. The Bertz CT molecular complexity index is 467. The molecule has 1 aromatic rings. The summed E-state index contributed by atoms with van der Waals surface area (Å²) in [6, 6.07) is 3.86. The van der Waals surface area contributed by atoms with Gasteiger partial charge in [-0.2, -0.15) is 0 Å². The second-order valence-corrected chi connectivity index (χ2v) is 5.90. The van der Waals surface area contributed by atoms with Crippen LogP contribution in [0.3, 0.4) is 0 Å². The van der Waals surface area contributed by atoms with E-state index in [1.807, 2.05) is 24.0 Å². The molecule has 1 aliphatic heterocycles. The third kappa shape index (κ3) is 2.56. The van der Waals surface area contributed by atoms with Crippen molar-refractivity contribution in [1.82, 2.24) is 4.90 Å². The van der Waals surface area contributed by atoms with Crippen LogP contribution in [0.4, 0.5) is 0 Å². The zero-order valence-corrected chi connectivity index (χ0v) is 11.5. The first-order valence-corrected chi connectivity index (χ1v) is 7.04. The van der Waals surface area contributed by atoms with Gasteiger partial charge in [0.15, 0.2) is 0 Å². The number of piperidine rings is 1. The Balaban J connectivity index is 2.09. The van der Waals surface area contributed by atoms with Crippen LogP contribution in [0.2, 0.25) is 0 Å². The molecule has 1 aromatic heterocycles. The lowest BCUT2D eigenvalue weighted by Crippen LogP contribution is -2.43. The molecule has 0 aliphatic carbocycles. The molecule has 1 unspecified atom stereocenters. The number of likely N-dealkylation sites (tertiary alicyclic amines) is 1. The second kappa shape index (κ2) is 5.52. The quantitative estimate of drug-likeness (QED) is 0.661. The third-order valence-electron chi connectivity index (χ3n) is 3.41. The Labute approximate surface area is 111 Å². The second-order valence-electron chi connectivity index (χ2n) is 4.61. The molecule has 2 heterocycles. The zero-order valence-electron chi connectivity index (χ0n) is 10.7. The molecule has 1 N–H and O–H groups in total. The molecule has 0 spiro atoms. The summed E-state index contributed by atoms with van der Waals surface area (Å²) in [5.74, 6) is 0.289. The van der Waals surface area contributed by atoms with Gasteiger partial charge in [0.05, 0.1) is 10.6 Å². The topological polar surface area (TPSA) is 52.9 Å². The molecule has 4 nitrogen and oxygen atoms in total. The highest BCUT2D eigenvalue weighted by Gasteiger charge is 2.28. The average Bonchev–Trinajstić information content (AvgIpc) is 2.83. The van der Waals surface area contributed by atoms with Gasteiger partial charge in [-0.05, 0) is 25.5 Å². The molecule has 1 amide bonds. The van der Waals surface area contributed by atoms with Crippen LogP contribution in [0.5, 0.6) is 0 Å². The number of nitrogens with zero attached hydrogens (tertiary/aromatic N) is 2. The molecule has 1 fully saturated rings. The fraction of sp³-hybridized carbons (Fsp3) is 0.538. The van der Waals surface area contributed by atoms with Gasteiger partial charge in [0.25, 0.3) is 5.91 Å². The van der Waals surface area contributed by atoms with Gasteiger partial charge in [-0.15, -0.1) is 11.3 Å². The zero-order chi connectivity index (χ0) is 13.1. The Morgan fingerprint density at radius 3 is 2.94 bits per heavy atom. The molecule has 5 heteroatoms. The lowest BCUT2D eigenvalue weighted by molar-refractivity contribution is 0.0734. The van der Waals surface area contributed by atoms with E-state index in [9.17, 15) is 4.79 Å². The molecule has 18 heavy (non-hydrogen) atoms. The van der Waals surface area contributed by atoms with Crippen LogP contribution < -0.4 is 0 Å². The van der Waals surface area contributed by atoms with E-state index in [0.29, 0.717) is 19.5 Å². The predicted octanol–water partition coefficient (Wildman–Crippen LogP) is 2.76. The van der Waals surface area contributed by atoms with E-state index in [4.69, 9.17) is 5.21 Å². The molecule has 1 saturated heterocycles. The van der Waals surface area contributed by atoms with Crippen LogP contribution in [0, 0.1) is 12.8 Å². The number of thiophene rings is 1. The van der Waals surface area contributed by atoms with Crippen molar-refractivity contribution in [2.24, 2.45) is 11.1 Å². The number of amides is 1. The number of carbonyl (C=O) groups is 1. The Morgan fingerprint density at radius 2 is 2.39 bits per heavy atom. The smallest absolute Gasteiger partial charge is 0.263 e. The number of oxime groups is 1. The molecule has 2 rings (SSSR count). The lowest BCUT2D eigenvalue weighted by atomic mass is 9.93. The lowest BCUT2D eigenvalue weighted by Gasteiger charge is -2.32. The van der Waals surface area contributed by atoms with E-state index in [2.05, 4.69) is 12.1 Å². The van der Waals surface area contributed by atoms with E-state index < -0.39 is 0 Å². The maximum absolute atomic E-state index is 12.3. The largest absolute Gasteiger partial charge is 0.411 e. The van der Waals surface area contributed by atoms with Gasteiger partial charge in [0.2, 0.25) is 0 Å². The standard InChI is InChI=1S/C13H18N2O2S/c1-3-10-8-15(7-6-11(10)14-17)13(16)12-5-4-9(2)18-12/h4-5,10,17H,3,6-8H2,1-2H3/b14-11+. The van der Waals surface area contributed by atoms with E-state index in [1.165, 1.54) is 11.3 Å². The van der Waals surface area contributed by atoms with Gasteiger partial charge in [-0.3, -0.25) is 4.79 Å². The van der Waals surface area contributed by atoms with Crippen molar-refractivity contribution < 1.29 is 10.0 Å². The first kappa shape index (κ1) is 13.1. The number of carbonyl (C=O) groups excluding carboxylic acids is 1. The molecular formula is C13H18N2O2S.